The maximum absolute atomic E-state index is 12.2. The van der Waals surface area contributed by atoms with E-state index in [1.54, 1.807) is 19.1 Å². The number of halogens is 2. The minimum Gasteiger partial charge on any atom is -0.422 e. The van der Waals surface area contributed by atoms with Crippen molar-refractivity contribution in [2.24, 2.45) is 11.7 Å². The minimum absolute atomic E-state index is 0. The van der Waals surface area contributed by atoms with Gasteiger partial charge in [0.25, 0.3) is 5.91 Å². The third kappa shape index (κ3) is 3.88. The maximum Gasteiger partial charge on any atom is 0.349 e. The van der Waals surface area contributed by atoms with E-state index in [0.717, 1.165) is 9.86 Å². The van der Waals surface area contributed by atoms with Gasteiger partial charge in [0.05, 0.1) is 0 Å². The van der Waals surface area contributed by atoms with Crippen LogP contribution in [0.5, 0.6) is 0 Å². The molecule has 1 heterocycles. The van der Waals surface area contributed by atoms with E-state index in [9.17, 15) is 9.59 Å². The van der Waals surface area contributed by atoms with Crippen LogP contribution in [0.1, 0.15) is 22.8 Å². The molecule has 1 unspecified atom stereocenters. The number of carbonyl (C=O) groups excluding carboxylic acids is 1. The highest BCUT2D eigenvalue weighted by Gasteiger charge is 2.18. The van der Waals surface area contributed by atoms with Gasteiger partial charge in [0.15, 0.2) is 0 Å². The first-order valence-electron chi connectivity index (χ1n) is 6.65. The number of carbonyl (C=O) groups is 1. The zero-order valence-corrected chi connectivity index (χ0v) is 14.7. The van der Waals surface area contributed by atoms with Gasteiger partial charge >= 0.3 is 5.63 Å². The quantitative estimate of drug-likeness (QED) is 0.787. The maximum atomic E-state index is 12.2. The number of hydrogen-bond acceptors (Lipinski definition) is 4. The van der Waals surface area contributed by atoms with Crippen LogP contribution in [0.2, 0.25) is 0 Å². The van der Waals surface area contributed by atoms with Crippen molar-refractivity contribution < 1.29 is 9.21 Å². The lowest BCUT2D eigenvalue weighted by molar-refractivity contribution is 0.0944. The van der Waals surface area contributed by atoms with Crippen molar-refractivity contribution in [1.82, 2.24) is 5.32 Å². The highest BCUT2D eigenvalue weighted by atomic mass is 79.9. The lowest BCUT2D eigenvalue weighted by Gasteiger charge is -2.11. The molecule has 1 amide bonds. The summed E-state index contributed by atoms with van der Waals surface area (Å²) >= 11 is 3.37. The first kappa shape index (κ1) is 18.7. The highest BCUT2D eigenvalue weighted by Crippen LogP contribution is 2.23. The van der Waals surface area contributed by atoms with Crippen LogP contribution in [0.15, 0.2) is 31.9 Å². The Balaban J connectivity index is 0.00000242. The van der Waals surface area contributed by atoms with Gasteiger partial charge in [-0.2, -0.15) is 0 Å². The van der Waals surface area contributed by atoms with Gasteiger partial charge in [0.2, 0.25) is 0 Å². The average molecular weight is 390 g/mol. The Kier molecular flexibility index (Phi) is 6.59. The van der Waals surface area contributed by atoms with Gasteiger partial charge in [0.1, 0.15) is 11.1 Å². The molecule has 0 saturated carbocycles. The number of benzene rings is 1. The smallest absolute Gasteiger partial charge is 0.349 e. The van der Waals surface area contributed by atoms with Crippen molar-refractivity contribution in [3.8, 4) is 0 Å². The molecule has 120 valence electrons. The molecular formula is C15H18BrClN2O3. The number of nitrogens with one attached hydrogen (secondary N) is 1. The zero-order valence-electron chi connectivity index (χ0n) is 12.3. The van der Waals surface area contributed by atoms with Crippen LogP contribution in [0.4, 0.5) is 0 Å². The van der Waals surface area contributed by atoms with Crippen LogP contribution in [0.3, 0.4) is 0 Å². The van der Waals surface area contributed by atoms with E-state index in [1.165, 1.54) is 0 Å². The summed E-state index contributed by atoms with van der Waals surface area (Å²) in [6, 6.07) is 5.31. The van der Waals surface area contributed by atoms with Gasteiger partial charge in [-0.15, -0.1) is 12.4 Å². The number of hydrogen-bond donors (Lipinski definition) is 2. The number of fused-ring (bicyclic) bond motifs is 1. The molecule has 5 nitrogen and oxygen atoms in total. The molecule has 0 aliphatic carbocycles. The largest absolute Gasteiger partial charge is 0.422 e. The second kappa shape index (κ2) is 7.76. The van der Waals surface area contributed by atoms with Crippen LogP contribution in [-0.2, 0) is 0 Å². The Morgan fingerprint density at radius 1 is 1.45 bits per heavy atom. The zero-order chi connectivity index (χ0) is 15.6. The Morgan fingerprint density at radius 3 is 2.77 bits per heavy atom. The Morgan fingerprint density at radius 2 is 2.14 bits per heavy atom. The van der Waals surface area contributed by atoms with Crippen LogP contribution >= 0.6 is 28.3 Å². The van der Waals surface area contributed by atoms with Gasteiger partial charge in [-0.3, -0.25) is 4.79 Å². The molecule has 0 spiro atoms. The van der Waals surface area contributed by atoms with E-state index in [0.29, 0.717) is 24.2 Å². The summed E-state index contributed by atoms with van der Waals surface area (Å²) in [5, 5.41) is 3.46. The summed E-state index contributed by atoms with van der Waals surface area (Å²) in [4.78, 5) is 24.2. The van der Waals surface area contributed by atoms with Gasteiger partial charge in [-0.05, 0) is 43.1 Å². The molecule has 1 atom stereocenters. The molecule has 3 N–H and O–H groups in total. The van der Waals surface area contributed by atoms with E-state index >= 15 is 0 Å². The summed E-state index contributed by atoms with van der Waals surface area (Å²) in [6.45, 7) is 4.56. The first-order chi connectivity index (χ1) is 9.93. The molecule has 0 saturated heterocycles. The highest BCUT2D eigenvalue weighted by molar-refractivity contribution is 9.10. The average Bonchev–Trinajstić information content (AvgIpc) is 2.45. The standard InChI is InChI=1S/C15H17BrN2O3.ClH/c1-8(6-17)7-18-14(19)13-9(2)11-5-10(16)3-4-12(11)21-15(13)20;/h3-5,8H,6-7,17H2,1-2H3,(H,18,19);1H. The lowest BCUT2D eigenvalue weighted by atomic mass is 10.1. The molecule has 1 aromatic carbocycles. The van der Waals surface area contributed by atoms with Crippen LogP contribution in [0, 0.1) is 12.8 Å². The normalized spacial score (nSPS) is 11.8. The molecule has 2 rings (SSSR count). The van der Waals surface area contributed by atoms with E-state index in [-0.39, 0.29) is 23.9 Å². The molecule has 7 heteroatoms. The summed E-state index contributed by atoms with van der Waals surface area (Å²) in [5.74, 6) is -0.278. The molecular weight excluding hydrogens is 372 g/mol. The number of rotatable bonds is 4. The predicted octanol–water partition coefficient (Wildman–Crippen LogP) is 2.61. The predicted molar refractivity (Wildman–Crippen MR) is 92.7 cm³/mol. The first-order valence-corrected chi connectivity index (χ1v) is 7.44. The van der Waals surface area contributed by atoms with E-state index in [1.807, 2.05) is 13.0 Å². The van der Waals surface area contributed by atoms with E-state index in [2.05, 4.69) is 21.2 Å². The lowest BCUT2D eigenvalue weighted by Crippen LogP contribution is -2.34. The van der Waals surface area contributed by atoms with Crippen LogP contribution in [0.25, 0.3) is 11.0 Å². The van der Waals surface area contributed by atoms with Gasteiger partial charge < -0.3 is 15.5 Å². The second-order valence-electron chi connectivity index (χ2n) is 5.08. The second-order valence-corrected chi connectivity index (χ2v) is 6.00. The Hall–Kier alpha value is -1.37. The van der Waals surface area contributed by atoms with Crippen molar-refractivity contribution in [3.63, 3.8) is 0 Å². The molecule has 0 fully saturated rings. The number of aryl methyl sites for hydroxylation is 1. The third-order valence-corrected chi connectivity index (χ3v) is 3.86. The Labute approximate surface area is 142 Å². The molecule has 1 aromatic heterocycles. The van der Waals surface area contributed by atoms with Crippen molar-refractivity contribution in [2.75, 3.05) is 13.1 Å². The molecule has 2 aromatic rings. The summed E-state index contributed by atoms with van der Waals surface area (Å²) in [5.41, 5.74) is 6.01. The van der Waals surface area contributed by atoms with Crippen molar-refractivity contribution in [1.29, 1.82) is 0 Å². The van der Waals surface area contributed by atoms with Crippen LogP contribution < -0.4 is 16.7 Å². The fourth-order valence-electron chi connectivity index (χ4n) is 2.02. The molecule has 0 aliphatic rings. The molecule has 0 bridgehead atoms. The summed E-state index contributed by atoms with van der Waals surface area (Å²) in [6.07, 6.45) is 0. The Bertz CT molecular complexity index is 745. The van der Waals surface area contributed by atoms with E-state index in [4.69, 9.17) is 10.2 Å². The number of amides is 1. The van der Waals surface area contributed by atoms with Crippen molar-refractivity contribution in [2.45, 2.75) is 13.8 Å². The van der Waals surface area contributed by atoms with Gasteiger partial charge in [-0.1, -0.05) is 22.9 Å². The molecule has 0 aliphatic heterocycles. The fourth-order valence-corrected chi connectivity index (χ4v) is 2.39. The minimum atomic E-state index is -0.625. The number of nitrogens with two attached hydrogens (primary N) is 1. The topological polar surface area (TPSA) is 85.3 Å². The SMILES string of the molecule is Cc1c(C(=O)NCC(C)CN)c(=O)oc2ccc(Br)cc12.Cl. The fraction of sp³-hybridized carbons (Fsp3) is 0.333. The van der Waals surface area contributed by atoms with Gasteiger partial charge in [-0.25, -0.2) is 4.79 Å². The van der Waals surface area contributed by atoms with E-state index < -0.39 is 11.5 Å². The summed E-state index contributed by atoms with van der Waals surface area (Å²) in [7, 11) is 0. The van der Waals surface area contributed by atoms with Crippen molar-refractivity contribution >= 4 is 45.2 Å². The molecule has 22 heavy (non-hydrogen) atoms. The van der Waals surface area contributed by atoms with Crippen LogP contribution in [-0.4, -0.2) is 19.0 Å². The summed E-state index contributed by atoms with van der Waals surface area (Å²) < 4.78 is 6.08. The van der Waals surface area contributed by atoms with Gasteiger partial charge in [0, 0.05) is 16.4 Å². The monoisotopic (exact) mass is 388 g/mol. The van der Waals surface area contributed by atoms with Crippen molar-refractivity contribution in [3.05, 3.63) is 44.2 Å². The molecule has 0 radical (unpaired) electrons. The third-order valence-electron chi connectivity index (χ3n) is 3.37.